The maximum atomic E-state index is 4.43. The van der Waals surface area contributed by atoms with E-state index in [1.165, 1.54) is 32.5 Å². The summed E-state index contributed by atoms with van der Waals surface area (Å²) in [5, 5.41) is 3.72. The zero-order chi connectivity index (χ0) is 13.7. The Morgan fingerprint density at radius 2 is 2.05 bits per heavy atom. The number of pyridine rings is 1. The number of rotatable bonds is 5. The predicted octanol–water partition coefficient (Wildman–Crippen LogP) is 2.85. The Labute approximate surface area is 117 Å². The Balaban J connectivity index is 1.83. The van der Waals surface area contributed by atoms with Gasteiger partial charge in [-0.2, -0.15) is 0 Å². The maximum Gasteiger partial charge on any atom is 0.0570 e. The van der Waals surface area contributed by atoms with Gasteiger partial charge in [0.2, 0.25) is 0 Å². The number of aromatic nitrogens is 1. The Morgan fingerprint density at radius 3 is 2.63 bits per heavy atom. The minimum absolute atomic E-state index is 0.334. The summed E-state index contributed by atoms with van der Waals surface area (Å²) in [6, 6.07) is 7.03. The van der Waals surface area contributed by atoms with Gasteiger partial charge in [-0.15, -0.1) is 0 Å². The number of hydrogen-bond donors (Lipinski definition) is 1. The van der Waals surface area contributed by atoms with Crippen LogP contribution in [0.25, 0.3) is 0 Å². The zero-order valence-corrected chi connectivity index (χ0v) is 12.5. The minimum atomic E-state index is 0.334. The van der Waals surface area contributed by atoms with Crippen molar-refractivity contribution in [3.05, 3.63) is 30.1 Å². The highest BCUT2D eigenvalue weighted by molar-refractivity contribution is 5.07. The first kappa shape index (κ1) is 14.5. The molecule has 2 rings (SSSR count). The second kappa shape index (κ2) is 7.01. The monoisotopic (exact) mass is 261 g/mol. The first-order chi connectivity index (χ1) is 9.20. The average molecular weight is 261 g/mol. The SMILES string of the molecule is CCN1CCC(C(C)N[C@@H](C)c2ccccn2)CC1. The summed E-state index contributed by atoms with van der Waals surface area (Å²) in [4.78, 5) is 6.98. The number of nitrogens with zero attached hydrogens (tertiary/aromatic N) is 2. The Bertz CT molecular complexity index is 358. The van der Waals surface area contributed by atoms with Crippen molar-refractivity contribution in [3.8, 4) is 0 Å². The van der Waals surface area contributed by atoms with E-state index < -0.39 is 0 Å². The highest BCUT2D eigenvalue weighted by Crippen LogP contribution is 2.22. The summed E-state index contributed by atoms with van der Waals surface area (Å²) in [6.45, 7) is 10.5. The van der Waals surface area contributed by atoms with Gasteiger partial charge in [-0.25, -0.2) is 0 Å². The molecule has 1 aromatic rings. The van der Waals surface area contributed by atoms with Crippen molar-refractivity contribution in [1.82, 2.24) is 15.2 Å². The van der Waals surface area contributed by atoms with Crippen LogP contribution in [0.4, 0.5) is 0 Å². The molecule has 0 aliphatic carbocycles. The molecule has 0 radical (unpaired) electrons. The summed E-state index contributed by atoms with van der Waals surface area (Å²) in [7, 11) is 0. The van der Waals surface area contributed by atoms with E-state index in [0.29, 0.717) is 12.1 Å². The van der Waals surface area contributed by atoms with Crippen molar-refractivity contribution >= 4 is 0 Å². The minimum Gasteiger partial charge on any atom is -0.306 e. The Morgan fingerprint density at radius 1 is 1.32 bits per heavy atom. The van der Waals surface area contributed by atoms with Gasteiger partial charge in [0.15, 0.2) is 0 Å². The molecule has 1 fully saturated rings. The molecule has 0 bridgehead atoms. The summed E-state index contributed by atoms with van der Waals surface area (Å²) in [5.41, 5.74) is 1.14. The Hall–Kier alpha value is -0.930. The van der Waals surface area contributed by atoms with Gasteiger partial charge in [-0.05, 0) is 64.4 Å². The van der Waals surface area contributed by atoms with Crippen LogP contribution in [0, 0.1) is 5.92 Å². The zero-order valence-electron chi connectivity index (χ0n) is 12.5. The van der Waals surface area contributed by atoms with Gasteiger partial charge >= 0.3 is 0 Å². The molecule has 0 amide bonds. The molecule has 3 nitrogen and oxygen atoms in total. The molecule has 0 aromatic carbocycles. The van der Waals surface area contributed by atoms with E-state index in [0.717, 1.165) is 11.6 Å². The van der Waals surface area contributed by atoms with Crippen LogP contribution in [0.15, 0.2) is 24.4 Å². The van der Waals surface area contributed by atoms with E-state index in [1.54, 1.807) is 0 Å². The van der Waals surface area contributed by atoms with Gasteiger partial charge in [0, 0.05) is 18.3 Å². The van der Waals surface area contributed by atoms with E-state index in [4.69, 9.17) is 0 Å². The second-order valence-corrected chi connectivity index (χ2v) is 5.70. The van der Waals surface area contributed by atoms with E-state index in [9.17, 15) is 0 Å². The van der Waals surface area contributed by atoms with Gasteiger partial charge in [-0.1, -0.05) is 13.0 Å². The molecule has 1 aliphatic rings. The summed E-state index contributed by atoms with van der Waals surface area (Å²) in [6.07, 6.45) is 4.51. The molecule has 2 atom stereocenters. The third kappa shape index (κ3) is 4.02. The number of hydrogen-bond acceptors (Lipinski definition) is 3. The van der Waals surface area contributed by atoms with Crippen LogP contribution < -0.4 is 5.32 Å². The van der Waals surface area contributed by atoms with Crippen molar-refractivity contribution in [1.29, 1.82) is 0 Å². The quantitative estimate of drug-likeness (QED) is 0.883. The number of nitrogens with one attached hydrogen (secondary N) is 1. The lowest BCUT2D eigenvalue weighted by Crippen LogP contribution is -2.42. The Kier molecular flexibility index (Phi) is 5.34. The first-order valence-electron chi connectivity index (χ1n) is 7.60. The molecular weight excluding hydrogens is 234 g/mol. The van der Waals surface area contributed by atoms with Gasteiger partial charge in [0.1, 0.15) is 0 Å². The molecule has 1 aliphatic heterocycles. The van der Waals surface area contributed by atoms with Crippen LogP contribution >= 0.6 is 0 Å². The van der Waals surface area contributed by atoms with Crippen molar-refractivity contribution in [3.63, 3.8) is 0 Å². The molecule has 0 saturated carbocycles. The van der Waals surface area contributed by atoms with E-state index in [1.807, 2.05) is 12.3 Å². The fourth-order valence-electron chi connectivity index (χ4n) is 3.02. The summed E-state index contributed by atoms with van der Waals surface area (Å²) < 4.78 is 0. The van der Waals surface area contributed by atoms with E-state index in [-0.39, 0.29) is 0 Å². The molecule has 1 N–H and O–H groups in total. The molecule has 0 spiro atoms. The standard InChI is InChI=1S/C16H27N3/c1-4-19-11-8-15(9-12-19)13(2)18-14(3)16-7-5-6-10-17-16/h5-7,10,13-15,18H,4,8-9,11-12H2,1-3H3/t13?,14-/m0/s1. The molecule has 106 valence electrons. The summed E-state index contributed by atoms with van der Waals surface area (Å²) >= 11 is 0. The number of likely N-dealkylation sites (tertiary alicyclic amines) is 1. The van der Waals surface area contributed by atoms with Crippen LogP contribution in [-0.4, -0.2) is 35.6 Å². The largest absolute Gasteiger partial charge is 0.306 e. The topological polar surface area (TPSA) is 28.2 Å². The average Bonchev–Trinajstić information content (AvgIpc) is 2.48. The third-order valence-corrected chi connectivity index (χ3v) is 4.43. The molecule has 1 unspecified atom stereocenters. The van der Waals surface area contributed by atoms with Crippen LogP contribution in [0.1, 0.15) is 45.3 Å². The molecule has 3 heteroatoms. The summed E-state index contributed by atoms with van der Waals surface area (Å²) in [5.74, 6) is 0.800. The van der Waals surface area contributed by atoms with Crippen LogP contribution in [-0.2, 0) is 0 Å². The van der Waals surface area contributed by atoms with Crippen molar-refractivity contribution < 1.29 is 0 Å². The van der Waals surface area contributed by atoms with Gasteiger partial charge in [0.25, 0.3) is 0 Å². The van der Waals surface area contributed by atoms with Gasteiger partial charge < -0.3 is 10.2 Å². The van der Waals surface area contributed by atoms with Crippen molar-refractivity contribution in [2.45, 2.75) is 45.7 Å². The van der Waals surface area contributed by atoms with Crippen LogP contribution in [0.3, 0.4) is 0 Å². The van der Waals surface area contributed by atoms with Crippen molar-refractivity contribution in [2.75, 3.05) is 19.6 Å². The van der Waals surface area contributed by atoms with Crippen LogP contribution in [0.5, 0.6) is 0 Å². The lowest BCUT2D eigenvalue weighted by molar-refractivity contribution is 0.165. The predicted molar refractivity (Wildman–Crippen MR) is 80.1 cm³/mol. The second-order valence-electron chi connectivity index (χ2n) is 5.70. The molecular formula is C16H27N3. The lowest BCUT2D eigenvalue weighted by Gasteiger charge is -2.35. The maximum absolute atomic E-state index is 4.43. The fourth-order valence-corrected chi connectivity index (χ4v) is 3.02. The smallest absolute Gasteiger partial charge is 0.0570 e. The van der Waals surface area contributed by atoms with E-state index in [2.05, 4.69) is 48.1 Å². The van der Waals surface area contributed by atoms with Crippen molar-refractivity contribution in [2.24, 2.45) is 5.92 Å². The third-order valence-electron chi connectivity index (χ3n) is 4.43. The highest BCUT2D eigenvalue weighted by Gasteiger charge is 2.24. The lowest BCUT2D eigenvalue weighted by atomic mass is 9.90. The fraction of sp³-hybridized carbons (Fsp3) is 0.688. The molecule has 19 heavy (non-hydrogen) atoms. The van der Waals surface area contributed by atoms with Crippen LogP contribution in [0.2, 0.25) is 0 Å². The molecule has 1 saturated heterocycles. The van der Waals surface area contributed by atoms with Gasteiger partial charge in [-0.3, -0.25) is 4.98 Å². The number of piperidine rings is 1. The van der Waals surface area contributed by atoms with Gasteiger partial charge in [0.05, 0.1) is 5.69 Å². The van der Waals surface area contributed by atoms with E-state index >= 15 is 0 Å². The highest BCUT2D eigenvalue weighted by atomic mass is 15.1. The molecule has 2 heterocycles. The molecule has 1 aromatic heterocycles. The normalized spacial score (nSPS) is 21.2. The first-order valence-corrected chi connectivity index (χ1v) is 7.60.